The van der Waals surface area contributed by atoms with Crippen LogP contribution in [0.2, 0.25) is 0 Å². The number of carbonyl (C=O) groups excluding carboxylic acids is 9. The Morgan fingerprint density at radius 1 is 0.573 bits per heavy atom. The molecule has 9 amide bonds. The standard InChI is InChI=1S/C54H79N11O16S/c1-27(2)21-37(49(75)60-36(19-20-82-7)48(74)65-45(30(6)68)53(79)62-38(22-31-13-9-8-10-14-31)46(72)57-25-41(69)58-40(26-66)54(80)81)61-47(73)35(17-18-42(70)71)59-50(76)39(23-32-24-56-34-16-12-11-15-33(32)34)63-52(78)44(28(3)4)64-51(77)43(55)29(5)67/h8-16,24,27-30,35-40,43-45,56,66-68H,17-23,25-26,55H2,1-7H3,(H,57,72)(H,58,69)(H,59,76)(H,60,75)(H,61,73)(H,62,79)(H,63,78)(H,64,77)(H,65,74)(H,70,71)(H,80,81)/t29-,30-,35+,36+,37+,38+,39+,40+,43+,44+,45+/m1/s1. The molecule has 452 valence electrons. The first-order valence-corrected chi connectivity index (χ1v) is 28.0. The fraction of sp³-hybridized carbons (Fsp3) is 0.537. The van der Waals surface area contributed by atoms with Gasteiger partial charge in [0.25, 0.3) is 0 Å². The van der Waals surface area contributed by atoms with Crippen molar-refractivity contribution in [2.45, 2.75) is 147 Å². The van der Waals surface area contributed by atoms with Crippen LogP contribution in [0.3, 0.4) is 0 Å². The van der Waals surface area contributed by atoms with Crippen LogP contribution in [0.1, 0.15) is 78.4 Å². The van der Waals surface area contributed by atoms with Crippen molar-refractivity contribution in [1.82, 2.24) is 52.8 Å². The SMILES string of the molecule is CSCC[C@H](NC(=O)[C@H](CC(C)C)NC(=O)[C@H](CCC(=O)O)NC(=O)[C@H](Cc1c[nH]c2ccccc12)NC(=O)[C@@H](NC(=O)[C@@H](N)[C@@H](C)O)C(C)C)C(=O)N[C@H](C(=O)N[C@@H](Cc1ccccc1)C(=O)NCC(=O)N[C@@H](CO)C(=O)O)[C@@H](C)O. The van der Waals surface area contributed by atoms with Crippen molar-refractivity contribution in [2.75, 3.05) is 25.2 Å². The van der Waals surface area contributed by atoms with E-state index in [-0.39, 0.29) is 37.4 Å². The lowest BCUT2D eigenvalue weighted by Gasteiger charge is -2.29. The van der Waals surface area contributed by atoms with Gasteiger partial charge in [-0.2, -0.15) is 11.8 Å². The molecule has 28 heteroatoms. The summed E-state index contributed by atoms with van der Waals surface area (Å²) < 4.78 is 0. The van der Waals surface area contributed by atoms with Crippen LogP contribution in [0.4, 0.5) is 0 Å². The fourth-order valence-electron chi connectivity index (χ4n) is 8.26. The highest BCUT2D eigenvalue weighted by Gasteiger charge is 2.37. The molecule has 0 aliphatic rings. The zero-order valence-corrected chi connectivity index (χ0v) is 47.7. The molecule has 0 unspecified atom stereocenters. The highest BCUT2D eigenvalue weighted by atomic mass is 32.2. The smallest absolute Gasteiger partial charge is 0.328 e. The quantitative estimate of drug-likeness (QED) is 0.0288. The Hall–Kier alpha value is -7.66. The molecule has 0 aliphatic carbocycles. The van der Waals surface area contributed by atoms with Gasteiger partial charge in [-0.1, -0.05) is 76.2 Å². The first-order valence-electron chi connectivity index (χ1n) is 26.6. The maximum Gasteiger partial charge on any atom is 0.328 e. The molecule has 2 aromatic carbocycles. The lowest BCUT2D eigenvalue weighted by atomic mass is 9.99. The number of rotatable bonds is 35. The van der Waals surface area contributed by atoms with Gasteiger partial charge in [0, 0.05) is 36.4 Å². The third kappa shape index (κ3) is 22.4. The minimum Gasteiger partial charge on any atom is -0.481 e. The molecule has 17 N–H and O–H groups in total. The van der Waals surface area contributed by atoms with Crippen LogP contribution < -0.4 is 53.6 Å². The van der Waals surface area contributed by atoms with E-state index in [1.54, 1.807) is 94.7 Å². The van der Waals surface area contributed by atoms with Gasteiger partial charge in [-0.05, 0) is 74.1 Å². The molecule has 0 aliphatic heterocycles. The average Bonchev–Trinajstić information content (AvgIpc) is 3.97. The van der Waals surface area contributed by atoms with E-state index in [1.165, 1.54) is 25.6 Å². The second-order valence-corrected chi connectivity index (χ2v) is 21.5. The molecular formula is C54H79N11O16S. The monoisotopic (exact) mass is 1170 g/mol. The number of amides is 9. The van der Waals surface area contributed by atoms with Crippen LogP contribution in [0.15, 0.2) is 60.8 Å². The summed E-state index contributed by atoms with van der Waals surface area (Å²) in [5.74, 6) is -11.9. The maximum absolute atomic E-state index is 14.5. The van der Waals surface area contributed by atoms with Crippen molar-refractivity contribution in [3.05, 3.63) is 71.9 Å². The summed E-state index contributed by atoms with van der Waals surface area (Å²) in [5.41, 5.74) is 7.64. The maximum atomic E-state index is 14.5. The third-order valence-corrected chi connectivity index (χ3v) is 13.5. The molecule has 0 saturated heterocycles. The normalized spacial score (nSPS) is 15.3. The average molecular weight is 1170 g/mol. The van der Waals surface area contributed by atoms with Crippen LogP contribution >= 0.6 is 11.8 Å². The van der Waals surface area contributed by atoms with Gasteiger partial charge in [0.15, 0.2) is 0 Å². The summed E-state index contributed by atoms with van der Waals surface area (Å²) in [7, 11) is 0. The number of H-pyrrole nitrogens is 1. The number of hydrogen-bond acceptors (Lipinski definition) is 16. The molecule has 0 radical (unpaired) electrons. The summed E-state index contributed by atoms with van der Waals surface area (Å²) in [5, 5.41) is 71.9. The van der Waals surface area contributed by atoms with E-state index in [1.807, 2.05) is 5.32 Å². The molecule has 1 heterocycles. The molecule has 0 spiro atoms. The number of hydrogen-bond donors (Lipinski definition) is 16. The van der Waals surface area contributed by atoms with Crippen LogP contribution in [0, 0.1) is 11.8 Å². The Morgan fingerprint density at radius 3 is 1.66 bits per heavy atom. The van der Waals surface area contributed by atoms with E-state index < -0.39 is 164 Å². The number of carboxylic acids is 2. The molecule has 3 aromatic rings. The number of aromatic nitrogens is 1. The minimum absolute atomic E-state index is 0.0507. The van der Waals surface area contributed by atoms with Gasteiger partial charge in [-0.3, -0.25) is 47.9 Å². The van der Waals surface area contributed by atoms with Crippen molar-refractivity contribution in [3.63, 3.8) is 0 Å². The fourth-order valence-corrected chi connectivity index (χ4v) is 8.73. The van der Waals surface area contributed by atoms with Crippen molar-refractivity contribution >= 4 is 87.8 Å². The number of para-hydroxylation sites is 1. The Morgan fingerprint density at radius 2 is 1.10 bits per heavy atom. The third-order valence-electron chi connectivity index (χ3n) is 12.9. The van der Waals surface area contributed by atoms with Gasteiger partial charge in [-0.15, -0.1) is 0 Å². The Bertz CT molecular complexity index is 2670. The van der Waals surface area contributed by atoms with Crippen LogP contribution in [-0.2, 0) is 65.6 Å². The van der Waals surface area contributed by atoms with Crippen LogP contribution in [0.25, 0.3) is 10.9 Å². The minimum atomic E-state index is -1.76. The molecule has 11 atom stereocenters. The molecule has 3 rings (SSSR count). The van der Waals surface area contributed by atoms with Gasteiger partial charge in [0.05, 0.1) is 25.4 Å². The van der Waals surface area contributed by atoms with Crippen molar-refractivity contribution in [2.24, 2.45) is 17.6 Å². The summed E-state index contributed by atoms with van der Waals surface area (Å²) in [4.78, 5) is 150. The number of thioether (sulfide) groups is 1. The predicted molar refractivity (Wildman–Crippen MR) is 301 cm³/mol. The van der Waals surface area contributed by atoms with Gasteiger partial charge in [0.1, 0.15) is 54.4 Å². The zero-order chi connectivity index (χ0) is 61.4. The number of aliphatic hydroxyl groups is 3. The van der Waals surface area contributed by atoms with E-state index in [2.05, 4.69) is 47.5 Å². The van der Waals surface area contributed by atoms with Gasteiger partial charge in [-0.25, -0.2) is 4.79 Å². The highest BCUT2D eigenvalue weighted by molar-refractivity contribution is 7.98. The molecule has 27 nitrogen and oxygen atoms in total. The number of nitrogens with one attached hydrogen (secondary N) is 10. The van der Waals surface area contributed by atoms with Crippen molar-refractivity contribution in [3.8, 4) is 0 Å². The van der Waals surface area contributed by atoms with Gasteiger partial charge < -0.3 is 84.1 Å². The first-order chi connectivity index (χ1) is 38.7. The number of aliphatic hydroxyl groups excluding tert-OH is 3. The van der Waals surface area contributed by atoms with Crippen LogP contribution in [0.5, 0.6) is 0 Å². The Balaban J connectivity index is 1.91. The lowest BCUT2D eigenvalue weighted by Crippen LogP contribution is -2.62. The van der Waals surface area contributed by atoms with Crippen LogP contribution in [-0.4, -0.2) is 187 Å². The molecule has 1 aromatic heterocycles. The van der Waals surface area contributed by atoms with E-state index >= 15 is 0 Å². The molecule has 82 heavy (non-hydrogen) atoms. The van der Waals surface area contributed by atoms with E-state index in [0.717, 1.165) is 0 Å². The molecule has 0 fully saturated rings. The summed E-state index contributed by atoms with van der Waals surface area (Å²) >= 11 is 1.30. The van der Waals surface area contributed by atoms with E-state index in [9.17, 15) is 78.3 Å². The zero-order valence-electron chi connectivity index (χ0n) is 46.9. The number of aromatic amines is 1. The first kappa shape index (κ1) is 68.6. The second kappa shape index (κ2) is 33.9. The van der Waals surface area contributed by atoms with E-state index in [0.29, 0.717) is 22.0 Å². The Kier molecular flexibility index (Phi) is 28.4. The number of benzene rings is 2. The predicted octanol–water partition coefficient (Wildman–Crippen LogP) is -2.57. The topological polar surface area (TPSA) is 439 Å². The highest BCUT2D eigenvalue weighted by Crippen LogP contribution is 2.20. The van der Waals surface area contributed by atoms with Gasteiger partial charge in [0.2, 0.25) is 53.2 Å². The van der Waals surface area contributed by atoms with E-state index in [4.69, 9.17) is 5.73 Å². The molecule has 0 saturated carbocycles. The van der Waals surface area contributed by atoms with Crippen molar-refractivity contribution in [1.29, 1.82) is 0 Å². The largest absolute Gasteiger partial charge is 0.481 e. The number of carboxylic acid groups (broad SMARTS) is 2. The number of fused-ring (bicyclic) bond motifs is 1. The number of aliphatic carboxylic acids is 2. The summed E-state index contributed by atoms with van der Waals surface area (Å²) in [6, 6.07) is 1.95. The Labute approximate surface area is 478 Å². The number of nitrogens with two attached hydrogens (primary N) is 1. The molecular weight excluding hydrogens is 1090 g/mol. The number of carbonyl (C=O) groups is 11. The summed E-state index contributed by atoms with van der Waals surface area (Å²) in [6.45, 7) is 7.50. The van der Waals surface area contributed by atoms with Crippen molar-refractivity contribution < 1.29 is 78.3 Å². The molecule has 0 bridgehead atoms. The van der Waals surface area contributed by atoms with Gasteiger partial charge >= 0.3 is 11.9 Å². The lowest BCUT2D eigenvalue weighted by molar-refractivity contribution is -0.143. The second-order valence-electron chi connectivity index (χ2n) is 20.5. The summed E-state index contributed by atoms with van der Waals surface area (Å²) in [6.07, 6.45) is -1.12.